The van der Waals surface area contributed by atoms with E-state index in [0.29, 0.717) is 12.2 Å². The quantitative estimate of drug-likeness (QED) is 0.772. The number of rotatable bonds is 5. The molecule has 136 valence electrons. The van der Waals surface area contributed by atoms with E-state index in [1.54, 1.807) is 0 Å². The summed E-state index contributed by atoms with van der Waals surface area (Å²) in [5.74, 6) is -1.03. The molecule has 1 aliphatic heterocycles. The molecule has 5 nitrogen and oxygen atoms in total. The highest BCUT2D eigenvalue weighted by Gasteiger charge is 2.21. The molecule has 3 N–H and O–H groups in total. The van der Waals surface area contributed by atoms with Gasteiger partial charge in [0.25, 0.3) is 0 Å². The Bertz CT molecular complexity index is 774. The van der Waals surface area contributed by atoms with E-state index >= 15 is 0 Å². The molecule has 0 spiro atoms. The van der Waals surface area contributed by atoms with Gasteiger partial charge in [0, 0.05) is 12.2 Å². The highest BCUT2D eigenvalue weighted by molar-refractivity contribution is 5.95. The van der Waals surface area contributed by atoms with Crippen molar-refractivity contribution >= 4 is 23.2 Å². The zero-order valence-corrected chi connectivity index (χ0v) is 14.4. The van der Waals surface area contributed by atoms with Crippen LogP contribution >= 0.6 is 0 Å². The number of piperidine rings is 1. The number of carbonyl (C=O) groups excluding carboxylic acids is 2. The molecule has 2 aromatic rings. The lowest BCUT2D eigenvalue weighted by molar-refractivity contribution is -0.120. The number of amides is 2. The highest BCUT2D eigenvalue weighted by Crippen LogP contribution is 2.21. The van der Waals surface area contributed by atoms with E-state index < -0.39 is 5.82 Å². The van der Waals surface area contributed by atoms with Gasteiger partial charge in [-0.15, -0.1) is 0 Å². The number of benzene rings is 2. The van der Waals surface area contributed by atoms with Crippen molar-refractivity contribution in [1.29, 1.82) is 0 Å². The second-order valence-corrected chi connectivity index (χ2v) is 6.44. The van der Waals surface area contributed by atoms with Crippen molar-refractivity contribution in [3.05, 3.63) is 59.9 Å². The van der Waals surface area contributed by atoms with Crippen molar-refractivity contribution < 1.29 is 14.0 Å². The van der Waals surface area contributed by atoms with E-state index in [9.17, 15) is 14.0 Å². The standard InChI is InChI=1S/C20H22FN3O2/c21-17-9-8-16(23-20(26)15-7-4-10-22-13-15)12-18(17)24-19(25)11-14-5-2-1-3-6-14/h1-3,5-6,8-9,12,15,22H,4,7,10-11,13H2,(H,23,26)(H,24,25). The minimum Gasteiger partial charge on any atom is -0.326 e. The predicted octanol–water partition coefficient (Wildman–Crippen LogP) is 2.95. The van der Waals surface area contributed by atoms with Gasteiger partial charge >= 0.3 is 0 Å². The lowest BCUT2D eigenvalue weighted by Gasteiger charge is -2.22. The molecule has 1 unspecified atom stereocenters. The van der Waals surface area contributed by atoms with Gasteiger partial charge in [0.1, 0.15) is 5.82 Å². The van der Waals surface area contributed by atoms with Gasteiger partial charge in [-0.1, -0.05) is 30.3 Å². The maximum atomic E-state index is 14.0. The Labute approximate surface area is 152 Å². The first-order valence-electron chi connectivity index (χ1n) is 8.77. The van der Waals surface area contributed by atoms with Crippen molar-refractivity contribution in [3.63, 3.8) is 0 Å². The predicted molar refractivity (Wildman–Crippen MR) is 99.4 cm³/mol. The third-order valence-corrected chi connectivity index (χ3v) is 4.38. The third-order valence-electron chi connectivity index (χ3n) is 4.38. The van der Waals surface area contributed by atoms with Crippen LogP contribution in [0.1, 0.15) is 18.4 Å². The Hall–Kier alpha value is -2.73. The van der Waals surface area contributed by atoms with Gasteiger partial charge in [-0.3, -0.25) is 9.59 Å². The largest absolute Gasteiger partial charge is 0.326 e. The molecule has 6 heteroatoms. The van der Waals surface area contributed by atoms with Gasteiger partial charge in [0.05, 0.1) is 18.0 Å². The summed E-state index contributed by atoms with van der Waals surface area (Å²) in [5, 5.41) is 8.57. The molecule has 1 fully saturated rings. The summed E-state index contributed by atoms with van der Waals surface area (Å²) in [5.41, 5.74) is 1.38. The lowest BCUT2D eigenvalue weighted by Crippen LogP contribution is -2.37. The second kappa shape index (κ2) is 8.58. The molecular formula is C20H22FN3O2. The summed E-state index contributed by atoms with van der Waals surface area (Å²) < 4.78 is 14.0. The first kappa shape index (κ1) is 18.1. The molecular weight excluding hydrogens is 333 g/mol. The van der Waals surface area contributed by atoms with E-state index in [-0.39, 0.29) is 29.8 Å². The van der Waals surface area contributed by atoms with E-state index in [4.69, 9.17) is 0 Å². The summed E-state index contributed by atoms with van der Waals surface area (Å²) >= 11 is 0. The van der Waals surface area contributed by atoms with Crippen LogP contribution in [0, 0.1) is 11.7 Å². The van der Waals surface area contributed by atoms with E-state index in [1.165, 1.54) is 18.2 Å². The molecule has 2 aromatic carbocycles. The normalized spacial score (nSPS) is 16.7. The van der Waals surface area contributed by atoms with E-state index in [0.717, 1.165) is 24.9 Å². The second-order valence-electron chi connectivity index (χ2n) is 6.44. The van der Waals surface area contributed by atoms with Crippen molar-refractivity contribution in [2.24, 2.45) is 5.92 Å². The summed E-state index contributed by atoms with van der Waals surface area (Å²) in [4.78, 5) is 24.4. The average Bonchev–Trinajstić information content (AvgIpc) is 2.66. The SMILES string of the molecule is O=C(Cc1ccccc1)Nc1cc(NC(=O)C2CCCNC2)ccc1F. The maximum absolute atomic E-state index is 14.0. The average molecular weight is 355 g/mol. The molecule has 0 radical (unpaired) electrons. The third kappa shape index (κ3) is 4.89. The number of carbonyl (C=O) groups is 2. The van der Waals surface area contributed by atoms with Crippen LogP contribution in [0.25, 0.3) is 0 Å². The molecule has 2 amide bonds. The topological polar surface area (TPSA) is 70.2 Å². The van der Waals surface area contributed by atoms with Gasteiger partial charge in [-0.05, 0) is 43.1 Å². The number of hydrogen-bond donors (Lipinski definition) is 3. The first-order chi connectivity index (χ1) is 12.6. The summed E-state index contributed by atoms with van der Waals surface area (Å²) in [6, 6.07) is 13.4. The number of nitrogens with one attached hydrogen (secondary N) is 3. The van der Waals surface area contributed by atoms with Crippen LogP contribution in [-0.4, -0.2) is 24.9 Å². The van der Waals surface area contributed by atoms with Gasteiger partial charge in [-0.2, -0.15) is 0 Å². The molecule has 1 aliphatic rings. The smallest absolute Gasteiger partial charge is 0.228 e. The Morgan fingerprint density at radius 2 is 1.92 bits per heavy atom. The number of hydrogen-bond acceptors (Lipinski definition) is 3. The van der Waals surface area contributed by atoms with E-state index in [1.807, 2.05) is 30.3 Å². The molecule has 0 saturated carbocycles. The van der Waals surface area contributed by atoms with Crippen molar-refractivity contribution in [3.8, 4) is 0 Å². The molecule has 26 heavy (non-hydrogen) atoms. The van der Waals surface area contributed by atoms with Crippen LogP contribution in [0.3, 0.4) is 0 Å². The molecule has 1 heterocycles. The lowest BCUT2D eigenvalue weighted by atomic mass is 9.99. The fourth-order valence-corrected chi connectivity index (χ4v) is 2.99. The minimum atomic E-state index is -0.538. The van der Waals surface area contributed by atoms with Gasteiger partial charge in [-0.25, -0.2) is 4.39 Å². The van der Waals surface area contributed by atoms with Crippen molar-refractivity contribution in [2.45, 2.75) is 19.3 Å². The number of anilines is 2. The Kier molecular flexibility index (Phi) is 5.96. The Balaban J connectivity index is 1.63. The molecule has 3 rings (SSSR count). The van der Waals surface area contributed by atoms with Crippen LogP contribution in [-0.2, 0) is 16.0 Å². The zero-order valence-electron chi connectivity index (χ0n) is 14.4. The fraction of sp³-hybridized carbons (Fsp3) is 0.300. The Morgan fingerprint density at radius 3 is 2.65 bits per heavy atom. The van der Waals surface area contributed by atoms with Crippen LogP contribution in [0.2, 0.25) is 0 Å². The molecule has 1 atom stereocenters. The van der Waals surface area contributed by atoms with Crippen LogP contribution in [0.5, 0.6) is 0 Å². The molecule has 0 aromatic heterocycles. The Morgan fingerprint density at radius 1 is 1.12 bits per heavy atom. The maximum Gasteiger partial charge on any atom is 0.228 e. The molecule has 0 aliphatic carbocycles. The highest BCUT2D eigenvalue weighted by atomic mass is 19.1. The van der Waals surface area contributed by atoms with Gasteiger partial charge in [0.2, 0.25) is 11.8 Å². The van der Waals surface area contributed by atoms with Crippen molar-refractivity contribution in [2.75, 3.05) is 23.7 Å². The summed E-state index contributed by atoms with van der Waals surface area (Å²) in [6.07, 6.45) is 1.95. The summed E-state index contributed by atoms with van der Waals surface area (Å²) in [6.45, 7) is 1.58. The van der Waals surface area contributed by atoms with Gasteiger partial charge < -0.3 is 16.0 Å². The number of halogens is 1. The summed E-state index contributed by atoms with van der Waals surface area (Å²) in [7, 11) is 0. The first-order valence-corrected chi connectivity index (χ1v) is 8.77. The minimum absolute atomic E-state index is 0.0606. The fourth-order valence-electron chi connectivity index (χ4n) is 2.99. The van der Waals surface area contributed by atoms with Gasteiger partial charge in [0.15, 0.2) is 0 Å². The van der Waals surface area contributed by atoms with Crippen LogP contribution in [0.15, 0.2) is 48.5 Å². The molecule has 0 bridgehead atoms. The van der Waals surface area contributed by atoms with E-state index in [2.05, 4.69) is 16.0 Å². The van der Waals surface area contributed by atoms with Crippen molar-refractivity contribution in [1.82, 2.24) is 5.32 Å². The zero-order chi connectivity index (χ0) is 18.4. The monoisotopic (exact) mass is 355 g/mol. The van der Waals surface area contributed by atoms with Crippen LogP contribution in [0.4, 0.5) is 15.8 Å². The molecule has 1 saturated heterocycles. The van der Waals surface area contributed by atoms with Crippen LogP contribution < -0.4 is 16.0 Å².